The molecule has 9 heteroatoms. The largest absolute Gasteiger partial charge is 0.322 e. The Balaban J connectivity index is 1.58. The number of amides is 1. The van der Waals surface area contributed by atoms with Crippen LogP contribution < -0.4 is 5.32 Å². The molecular formula is C18H14ClN7O. The Kier molecular flexibility index (Phi) is 4.39. The summed E-state index contributed by atoms with van der Waals surface area (Å²) in [5.74, 6) is -0.324. The van der Waals surface area contributed by atoms with Crippen molar-refractivity contribution in [2.24, 2.45) is 0 Å². The molecule has 8 nitrogen and oxygen atoms in total. The maximum atomic E-state index is 12.7. The minimum atomic E-state index is -0.324. The van der Waals surface area contributed by atoms with Gasteiger partial charge in [0.05, 0.1) is 17.1 Å². The van der Waals surface area contributed by atoms with Crippen LogP contribution in [0.5, 0.6) is 0 Å². The molecule has 134 valence electrons. The number of carbonyl (C=O) groups excluding carboxylic acids is 1. The summed E-state index contributed by atoms with van der Waals surface area (Å²) in [6.07, 6.45) is 1.49. The van der Waals surface area contributed by atoms with Crippen molar-refractivity contribution < 1.29 is 4.79 Å². The highest BCUT2D eigenvalue weighted by Crippen LogP contribution is 2.24. The Morgan fingerprint density at radius 3 is 2.44 bits per heavy atom. The molecule has 0 aliphatic rings. The van der Waals surface area contributed by atoms with Gasteiger partial charge in [-0.05, 0) is 53.7 Å². The van der Waals surface area contributed by atoms with Crippen molar-refractivity contribution in [2.75, 3.05) is 5.32 Å². The molecular weight excluding hydrogens is 366 g/mol. The lowest BCUT2D eigenvalue weighted by molar-refractivity contribution is 0.102. The average Bonchev–Trinajstić information content (AvgIpc) is 3.31. The topological polar surface area (TPSA) is 90.5 Å². The van der Waals surface area contributed by atoms with E-state index in [-0.39, 0.29) is 11.1 Å². The van der Waals surface area contributed by atoms with E-state index in [4.69, 9.17) is 11.6 Å². The zero-order valence-electron chi connectivity index (χ0n) is 14.2. The number of hydrogen-bond donors (Lipinski definition) is 1. The standard InChI is InChI=1S/C18H14ClN7O/c1-12-16(17(19)26(22-12)15-5-3-2-4-6-15)18(27)21-13-7-9-14(10-8-13)25-11-20-23-24-25/h2-11H,1H3,(H,21,27). The van der Waals surface area contributed by atoms with Crippen LogP contribution in [0.4, 0.5) is 5.69 Å². The van der Waals surface area contributed by atoms with Gasteiger partial charge in [-0.3, -0.25) is 4.79 Å². The molecule has 2 aromatic heterocycles. The summed E-state index contributed by atoms with van der Waals surface area (Å²) in [6.45, 7) is 1.75. The van der Waals surface area contributed by atoms with Crippen LogP contribution in [0.3, 0.4) is 0 Å². The maximum absolute atomic E-state index is 12.7. The highest BCUT2D eigenvalue weighted by molar-refractivity contribution is 6.34. The number of nitrogens with one attached hydrogen (secondary N) is 1. The summed E-state index contributed by atoms with van der Waals surface area (Å²) in [7, 11) is 0. The first-order valence-corrected chi connectivity index (χ1v) is 8.46. The maximum Gasteiger partial charge on any atom is 0.260 e. The van der Waals surface area contributed by atoms with E-state index < -0.39 is 0 Å². The summed E-state index contributed by atoms with van der Waals surface area (Å²) in [5.41, 5.74) is 3.08. The molecule has 4 rings (SSSR count). The fraction of sp³-hybridized carbons (Fsp3) is 0.0556. The number of tetrazole rings is 1. The Labute approximate surface area is 159 Å². The molecule has 0 fully saturated rings. The van der Waals surface area contributed by atoms with E-state index in [0.717, 1.165) is 11.4 Å². The van der Waals surface area contributed by atoms with E-state index in [1.807, 2.05) is 30.3 Å². The molecule has 1 N–H and O–H groups in total. The van der Waals surface area contributed by atoms with Crippen LogP contribution in [0.1, 0.15) is 16.1 Å². The third kappa shape index (κ3) is 3.30. The van der Waals surface area contributed by atoms with Gasteiger partial charge in [0.2, 0.25) is 0 Å². The van der Waals surface area contributed by atoms with Crippen LogP contribution in [0.2, 0.25) is 5.15 Å². The predicted octanol–water partition coefficient (Wildman–Crippen LogP) is 3.06. The molecule has 0 saturated carbocycles. The van der Waals surface area contributed by atoms with Crippen LogP contribution in [0.15, 0.2) is 60.9 Å². The summed E-state index contributed by atoms with van der Waals surface area (Å²) >= 11 is 6.43. The first-order valence-electron chi connectivity index (χ1n) is 8.09. The van der Waals surface area contributed by atoms with Gasteiger partial charge in [-0.25, -0.2) is 9.36 Å². The molecule has 0 aliphatic heterocycles. The smallest absolute Gasteiger partial charge is 0.260 e. The van der Waals surface area contributed by atoms with Gasteiger partial charge in [-0.15, -0.1) is 5.10 Å². The highest BCUT2D eigenvalue weighted by atomic mass is 35.5. The van der Waals surface area contributed by atoms with E-state index in [1.165, 1.54) is 11.0 Å². The number of anilines is 1. The lowest BCUT2D eigenvalue weighted by Gasteiger charge is -2.07. The lowest BCUT2D eigenvalue weighted by Crippen LogP contribution is -2.13. The Hall–Kier alpha value is -3.52. The summed E-state index contributed by atoms with van der Waals surface area (Å²) in [4.78, 5) is 12.7. The third-order valence-corrected chi connectivity index (χ3v) is 4.32. The fourth-order valence-corrected chi connectivity index (χ4v) is 3.03. The fourth-order valence-electron chi connectivity index (χ4n) is 2.67. The van der Waals surface area contributed by atoms with Crippen molar-refractivity contribution in [1.82, 2.24) is 30.0 Å². The number of aryl methyl sites for hydroxylation is 1. The van der Waals surface area contributed by atoms with Crippen molar-refractivity contribution in [1.29, 1.82) is 0 Å². The van der Waals surface area contributed by atoms with Crippen molar-refractivity contribution in [3.8, 4) is 11.4 Å². The Morgan fingerprint density at radius 2 is 1.78 bits per heavy atom. The van der Waals surface area contributed by atoms with Crippen LogP contribution in [-0.4, -0.2) is 35.9 Å². The molecule has 0 spiro atoms. The second-order valence-electron chi connectivity index (χ2n) is 5.75. The van der Waals surface area contributed by atoms with E-state index in [9.17, 15) is 4.79 Å². The second-order valence-corrected chi connectivity index (χ2v) is 6.11. The average molecular weight is 380 g/mol. The zero-order chi connectivity index (χ0) is 18.8. The van der Waals surface area contributed by atoms with E-state index in [1.54, 1.807) is 35.9 Å². The number of hydrogen-bond acceptors (Lipinski definition) is 5. The predicted molar refractivity (Wildman–Crippen MR) is 100 cm³/mol. The molecule has 0 bridgehead atoms. The van der Waals surface area contributed by atoms with Gasteiger partial charge >= 0.3 is 0 Å². The van der Waals surface area contributed by atoms with Crippen LogP contribution in [0.25, 0.3) is 11.4 Å². The molecule has 1 amide bonds. The van der Waals surface area contributed by atoms with Gasteiger partial charge in [0.25, 0.3) is 5.91 Å². The van der Waals surface area contributed by atoms with Crippen molar-refractivity contribution >= 4 is 23.2 Å². The molecule has 0 saturated heterocycles. The quantitative estimate of drug-likeness (QED) is 0.588. The van der Waals surface area contributed by atoms with Gasteiger partial charge in [-0.2, -0.15) is 5.10 Å². The number of rotatable bonds is 4. The number of carbonyl (C=O) groups is 1. The highest BCUT2D eigenvalue weighted by Gasteiger charge is 2.21. The normalized spacial score (nSPS) is 10.7. The number of benzene rings is 2. The molecule has 4 aromatic rings. The minimum absolute atomic E-state index is 0.265. The van der Waals surface area contributed by atoms with Crippen molar-refractivity contribution in [3.05, 3.63) is 77.3 Å². The van der Waals surface area contributed by atoms with Gasteiger partial charge in [0.1, 0.15) is 17.0 Å². The molecule has 2 aromatic carbocycles. The molecule has 0 aliphatic carbocycles. The zero-order valence-corrected chi connectivity index (χ0v) is 15.0. The van der Waals surface area contributed by atoms with E-state index in [0.29, 0.717) is 16.9 Å². The molecule has 2 heterocycles. The van der Waals surface area contributed by atoms with E-state index in [2.05, 4.69) is 25.9 Å². The lowest BCUT2D eigenvalue weighted by atomic mass is 10.2. The molecule has 27 heavy (non-hydrogen) atoms. The molecule has 0 radical (unpaired) electrons. The number of halogens is 1. The van der Waals surface area contributed by atoms with Gasteiger partial charge < -0.3 is 5.32 Å². The summed E-state index contributed by atoms with van der Waals surface area (Å²) in [6, 6.07) is 16.5. The number of nitrogens with zero attached hydrogens (tertiary/aromatic N) is 6. The van der Waals surface area contributed by atoms with Crippen molar-refractivity contribution in [3.63, 3.8) is 0 Å². The second kappa shape index (κ2) is 7.00. The van der Waals surface area contributed by atoms with Gasteiger partial charge in [0, 0.05) is 5.69 Å². The minimum Gasteiger partial charge on any atom is -0.322 e. The Morgan fingerprint density at radius 1 is 1.04 bits per heavy atom. The third-order valence-electron chi connectivity index (χ3n) is 3.97. The first kappa shape index (κ1) is 16.9. The summed E-state index contributed by atoms with van der Waals surface area (Å²) < 4.78 is 3.07. The summed E-state index contributed by atoms with van der Waals surface area (Å²) in [5, 5.41) is 18.5. The van der Waals surface area contributed by atoms with E-state index >= 15 is 0 Å². The van der Waals surface area contributed by atoms with Crippen LogP contribution >= 0.6 is 11.6 Å². The number of aromatic nitrogens is 6. The molecule has 0 atom stereocenters. The SMILES string of the molecule is Cc1nn(-c2ccccc2)c(Cl)c1C(=O)Nc1ccc(-n2cnnn2)cc1. The first-order chi connectivity index (χ1) is 13.1. The van der Waals surface area contributed by atoms with Crippen LogP contribution in [0, 0.1) is 6.92 Å². The van der Waals surface area contributed by atoms with Gasteiger partial charge in [-0.1, -0.05) is 29.8 Å². The molecule has 0 unspecified atom stereocenters. The van der Waals surface area contributed by atoms with Crippen LogP contribution in [-0.2, 0) is 0 Å². The van der Waals surface area contributed by atoms with Gasteiger partial charge in [0.15, 0.2) is 0 Å². The Bertz CT molecular complexity index is 1070. The van der Waals surface area contributed by atoms with Crippen molar-refractivity contribution in [2.45, 2.75) is 6.92 Å². The monoisotopic (exact) mass is 379 g/mol. The number of para-hydroxylation sites is 1.